The average molecular weight is 311 g/mol. The summed E-state index contributed by atoms with van der Waals surface area (Å²) < 4.78 is 12.1. The van der Waals surface area contributed by atoms with Crippen LogP contribution < -0.4 is 0 Å². The second-order valence-corrected chi connectivity index (χ2v) is 8.09. The first kappa shape index (κ1) is 18.3. The Morgan fingerprint density at radius 1 is 0.909 bits per heavy atom. The lowest BCUT2D eigenvalue weighted by molar-refractivity contribution is -0.176. The lowest BCUT2D eigenvalue weighted by Gasteiger charge is -2.33. The number of rotatable bonds is 7. The molecule has 130 valence electrons. The Labute approximate surface area is 138 Å². The third-order valence-corrected chi connectivity index (χ3v) is 6.25. The fourth-order valence-corrected chi connectivity index (χ4v) is 4.20. The van der Waals surface area contributed by atoms with Gasteiger partial charge in [-0.05, 0) is 69.1 Å². The second-order valence-electron chi connectivity index (χ2n) is 8.09. The molecule has 2 heteroatoms. The topological polar surface area (TPSA) is 18.5 Å². The summed E-state index contributed by atoms with van der Waals surface area (Å²) in [7, 11) is 0. The van der Waals surface area contributed by atoms with E-state index in [0.717, 1.165) is 30.3 Å². The van der Waals surface area contributed by atoms with Gasteiger partial charge in [-0.25, -0.2) is 0 Å². The first-order valence-electron chi connectivity index (χ1n) is 9.85. The summed E-state index contributed by atoms with van der Waals surface area (Å²) in [6, 6.07) is 0. The van der Waals surface area contributed by atoms with Gasteiger partial charge < -0.3 is 9.47 Å². The first-order chi connectivity index (χ1) is 10.6. The maximum atomic E-state index is 6.14. The molecule has 0 radical (unpaired) electrons. The van der Waals surface area contributed by atoms with Crippen molar-refractivity contribution in [2.75, 3.05) is 6.61 Å². The highest BCUT2D eigenvalue weighted by Crippen LogP contribution is 2.33. The zero-order chi connectivity index (χ0) is 15.9. The highest BCUT2D eigenvalue weighted by molar-refractivity contribution is 4.76. The molecule has 0 aromatic heterocycles. The molecular weight excluding hydrogens is 272 g/mol. The van der Waals surface area contributed by atoms with Gasteiger partial charge in [-0.1, -0.05) is 40.0 Å². The fourth-order valence-electron chi connectivity index (χ4n) is 4.20. The largest absolute Gasteiger partial charge is 0.353 e. The lowest BCUT2D eigenvalue weighted by Crippen LogP contribution is -2.30. The summed E-state index contributed by atoms with van der Waals surface area (Å²) in [6.45, 7) is 10.1. The molecule has 0 aromatic rings. The second kappa shape index (κ2) is 9.27. The predicted octanol–water partition coefficient (Wildman–Crippen LogP) is 5.80. The first-order valence-corrected chi connectivity index (χ1v) is 9.85. The number of ether oxygens (including phenoxy) is 2. The highest BCUT2D eigenvalue weighted by Gasteiger charge is 2.26. The fraction of sp³-hybridized carbons (Fsp3) is 1.00. The quantitative estimate of drug-likeness (QED) is 0.553. The van der Waals surface area contributed by atoms with Crippen molar-refractivity contribution in [1.82, 2.24) is 0 Å². The molecule has 0 N–H and O–H groups in total. The summed E-state index contributed by atoms with van der Waals surface area (Å²) in [5, 5.41) is 0. The van der Waals surface area contributed by atoms with Gasteiger partial charge >= 0.3 is 0 Å². The van der Waals surface area contributed by atoms with E-state index in [-0.39, 0.29) is 6.29 Å². The van der Waals surface area contributed by atoms with E-state index in [2.05, 4.69) is 27.7 Å². The molecule has 2 aliphatic carbocycles. The van der Waals surface area contributed by atoms with Crippen LogP contribution in [0.3, 0.4) is 0 Å². The molecule has 2 atom stereocenters. The molecule has 0 aromatic carbocycles. The van der Waals surface area contributed by atoms with Gasteiger partial charge in [-0.15, -0.1) is 0 Å². The Morgan fingerprint density at radius 3 is 2.14 bits per heavy atom. The van der Waals surface area contributed by atoms with Crippen LogP contribution in [0.5, 0.6) is 0 Å². The molecule has 2 rings (SSSR count). The molecule has 2 saturated carbocycles. The Hall–Kier alpha value is -0.0800. The minimum absolute atomic E-state index is 0.0236. The van der Waals surface area contributed by atoms with Crippen LogP contribution in [0.2, 0.25) is 0 Å². The van der Waals surface area contributed by atoms with Crippen molar-refractivity contribution in [1.29, 1.82) is 0 Å². The van der Waals surface area contributed by atoms with Crippen molar-refractivity contribution < 1.29 is 9.47 Å². The smallest absolute Gasteiger partial charge is 0.155 e. The Kier molecular flexibility index (Phi) is 7.70. The van der Waals surface area contributed by atoms with E-state index in [1.165, 1.54) is 57.8 Å². The van der Waals surface area contributed by atoms with Crippen LogP contribution in [-0.4, -0.2) is 19.0 Å². The van der Waals surface area contributed by atoms with Crippen molar-refractivity contribution in [3.8, 4) is 0 Å². The van der Waals surface area contributed by atoms with Crippen LogP contribution >= 0.6 is 0 Å². The summed E-state index contributed by atoms with van der Waals surface area (Å²) >= 11 is 0. The van der Waals surface area contributed by atoms with Gasteiger partial charge in [0.25, 0.3) is 0 Å². The van der Waals surface area contributed by atoms with Gasteiger partial charge in [0.15, 0.2) is 6.29 Å². The molecule has 0 bridgehead atoms. The van der Waals surface area contributed by atoms with Gasteiger partial charge in [0.1, 0.15) is 0 Å². The van der Waals surface area contributed by atoms with E-state index >= 15 is 0 Å². The number of hydrogen-bond donors (Lipinski definition) is 0. The monoisotopic (exact) mass is 310 g/mol. The van der Waals surface area contributed by atoms with E-state index < -0.39 is 0 Å². The van der Waals surface area contributed by atoms with Gasteiger partial charge in [0.2, 0.25) is 0 Å². The van der Waals surface area contributed by atoms with Crippen LogP contribution in [0.15, 0.2) is 0 Å². The van der Waals surface area contributed by atoms with Crippen LogP contribution in [0, 0.1) is 23.7 Å². The maximum absolute atomic E-state index is 6.14. The third-order valence-electron chi connectivity index (χ3n) is 6.25. The summed E-state index contributed by atoms with van der Waals surface area (Å²) in [5.41, 5.74) is 0. The predicted molar refractivity (Wildman–Crippen MR) is 92.8 cm³/mol. The summed E-state index contributed by atoms with van der Waals surface area (Å²) in [6.07, 6.45) is 12.3. The number of hydrogen-bond acceptors (Lipinski definition) is 2. The van der Waals surface area contributed by atoms with E-state index in [4.69, 9.17) is 9.47 Å². The molecular formula is C20H38O2. The van der Waals surface area contributed by atoms with Gasteiger partial charge in [0, 0.05) is 0 Å². The molecule has 2 fully saturated rings. The Bertz CT molecular complexity index is 288. The molecule has 2 aliphatic rings. The molecule has 0 aliphatic heterocycles. The zero-order valence-electron chi connectivity index (χ0n) is 15.4. The lowest BCUT2D eigenvalue weighted by atomic mass is 9.79. The molecule has 2 unspecified atom stereocenters. The minimum atomic E-state index is -0.0236. The highest BCUT2D eigenvalue weighted by atomic mass is 16.7. The molecule has 22 heavy (non-hydrogen) atoms. The summed E-state index contributed by atoms with van der Waals surface area (Å²) in [4.78, 5) is 0. The van der Waals surface area contributed by atoms with Crippen molar-refractivity contribution >= 4 is 0 Å². The van der Waals surface area contributed by atoms with Crippen LogP contribution in [0.4, 0.5) is 0 Å². The zero-order valence-corrected chi connectivity index (χ0v) is 15.4. The molecule has 0 heterocycles. The molecule has 0 spiro atoms. The van der Waals surface area contributed by atoms with Gasteiger partial charge in [-0.3, -0.25) is 0 Å². The molecule has 0 amide bonds. The molecule has 2 nitrogen and oxygen atoms in total. The normalized spacial score (nSPS) is 36.0. The van der Waals surface area contributed by atoms with Crippen molar-refractivity contribution in [2.45, 2.75) is 97.9 Å². The van der Waals surface area contributed by atoms with E-state index in [1.54, 1.807) is 0 Å². The van der Waals surface area contributed by atoms with Crippen molar-refractivity contribution in [2.24, 2.45) is 23.7 Å². The van der Waals surface area contributed by atoms with E-state index in [0.29, 0.717) is 6.10 Å². The van der Waals surface area contributed by atoms with Crippen LogP contribution in [-0.2, 0) is 9.47 Å². The van der Waals surface area contributed by atoms with Crippen LogP contribution in [0.1, 0.15) is 85.5 Å². The maximum Gasteiger partial charge on any atom is 0.155 e. The standard InChI is InChI=1S/C20H38O2/c1-5-16(3)19-10-12-20(13-11-19)22-17(4)21-14-18-8-6-15(2)7-9-18/h15-20H,5-14H2,1-4H3. The summed E-state index contributed by atoms with van der Waals surface area (Å²) in [5.74, 6) is 3.49. The van der Waals surface area contributed by atoms with Crippen molar-refractivity contribution in [3.05, 3.63) is 0 Å². The Balaban J connectivity index is 1.59. The van der Waals surface area contributed by atoms with Crippen molar-refractivity contribution in [3.63, 3.8) is 0 Å². The minimum Gasteiger partial charge on any atom is -0.353 e. The molecule has 0 saturated heterocycles. The SMILES string of the molecule is CCC(C)C1CCC(OC(C)OCC2CCC(C)CC2)CC1. The van der Waals surface area contributed by atoms with Crippen LogP contribution in [0.25, 0.3) is 0 Å². The van der Waals surface area contributed by atoms with E-state index in [9.17, 15) is 0 Å². The average Bonchev–Trinajstić information content (AvgIpc) is 2.54. The Morgan fingerprint density at radius 2 is 1.55 bits per heavy atom. The van der Waals surface area contributed by atoms with Gasteiger partial charge in [0.05, 0.1) is 12.7 Å². The van der Waals surface area contributed by atoms with Gasteiger partial charge in [-0.2, -0.15) is 0 Å². The third kappa shape index (κ3) is 5.85. The van der Waals surface area contributed by atoms with E-state index in [1.807, 2.05) is 0 Å².